The van der Waals surface area contributed by atoms with Crippen molar-refractivity contribution >= 4 is 5.69 Å². The fraction of sp³-hybridized carbons (Fsp3) is 0.500. The van der Waals surface area contributed by atoms with Crippen molar-refractivity contribution in [3.05, 3.63) is 29.8 Å². The van der Waals surface area contributed by atoms with E-state index in [1.807, 2.05) is 4.90 Å². The smallest absolute Gasteiger partial charge is 0.378 e. The topological polar surface area (TPSA) is 38.5 Å². The molecule has 1 heterocycles. The van der Waals surface area contributed by atoms with E-state index in [-0.39, 0.29) is 5.56 Å². The summed E-state index contributed by atoms with van der Waals surface area (Å²) in [7, 11) is 0. The highest BCUT2D eigenvalue weighted by Gasteiger charge is 2.39. The number of nitrogens with zero attached hydrogens (tertiary/aromatic N) is 1. The lowest BCUT2D eigenvalue weighted by Crippen LogP contribution is -2.38. The van der Waals surface area contributed by atoms with E-state index < -0.39 is 12.2 Å². The Labute approximate surface area is 103 Å². The molecule has 3 nitrogen and oxygen atoms in total. The standard InChI is InChI=1S/C12H15F3N2O/c13-12(14,15)11(16)9-3-1-2-4-10(9)17-5-7-18-8-6-17/h1-4,11H,5-8,16H2/t11-/m0/s1. The molecule has 0 aromatic heterocycles. The molecule has 1 aromatic rings. The normalized spacial score (nSPS) is 18.8. The number of anilines is 1. The van der Waals surface area contributed by atoms with Crippen molar-refractivity contribution in [3.8, 4) is 0 Å². The van der Waals surface area contributed by atoms with E-state index in [9.17, 15) is 13.2 Å². The van der Waals surface area contributed by atoms with Crippen molar-refractivity contribution < 1.29 is 17.9 Å². The van der Waals surface area contributed by atoms with E-state index in [0.29, 0.717) is 32.0 Å². The summed E-state index contributed by atoms with van der Waals surface area (Å²) in [6.45, 7) is 2.22. The second kappa shape index (κ2) is 5.16. The van der Waals surface area contributed by atoms with Crippen LogP contribution in [0.1, 0.15) is 11.6 Å². The van der Waals surface area contributed by atoms with Crippen LogP contribution in [-0.4, -0.2) is 32.5 Å². The Balaban J connectivity index is 2.30. The van der Waals surface area contributed by atoms with Gasteiger partial charge < -0.3 is 15.4 Å². The van der Waals surface area contributed by atoms with E-state index in [4.69, 9.17) is 10.5 Å². The number of benzene rings is 1. The molecule has 0 amide bonds. The zero-order chi connectivity index (χ0) is 13.2. The lowest BCUT2D eigenvalue weighted by Gasteiger charge is -2.32. The molecule has 2 N–H and O–H groups in total. The molecule has 1 aliphatic heterocycles. The van der Waals surface area contributed by atoms with Crippen LogP contribution in [0.15, 0.2) is 24.3 Å². The van der Waals surface area contributed by atoms with Crippen LogP contribution in [0.4, 0.5) is 18.9 Å². The molecule has 2 rings (SSSR count). The molecular formula is C12H15F3N2O. The highest BCUT2D eigenvalue weighted by Crippen LogP contribution is 2.35. The summed E-state index contributed by atoms with van der Waals surface area (Å²) in [5.74, 6) is 0. The van der Waals surface area contributed by atoms with Crippen LogP contribution < -0.4 is 10.6 Å². The van der Waals surface area contributed by atoms with Crippen LogP contribution >= 0.6 is 0 Å². The highest BCUT2D eigenvalue weighted by atomic mass is 19.4. The molecule has 1 fully saturated rings. The maximum atomic E-state index is 12.7. The summed E-state index contributed by atoms with van der Waals surface area (Å²) >= 11 is 0. The van der Waals surface area contributed by atoms with E-state index in [2.05, 4.69) is 0 Å². The predicted molar refractivity (Wildman–Crippen MR) is 62.5 cm³/mol. The summed E-state index contributed by atoms with van der Waals surface area (Å²) in [6, 6.07) is 4.45. The van der Waals surface area contributed by atoms with Crippen molar-refractivity contribution in [2.45, 2.75) is 12.2 Å². The SMILES string of the molecule is N[C@@H](c1ccccc1N1CCOCC1)C(F)(F)F. The Morgan fingerprint density at radius 2 is 1.78 bits per heavy atom. The average Bonchev–Trinajstić information content (AvgIpc) is 2.38. The van der Waals surface area contributed by atoms with Crippen molar-refractivity contribution in [2.75, 3.05) is 31.2 Å². The van der Waals surface area contributed by atoms with E-state index in [0.717, 1.165) is 0 Å². The minimum atomic E-state index is -4.43. The average molecular weight is 260 g/mol. The van der Waals surface area contributed by atoms with Gasteiger partial charge in [0.05, 0.1) is 13.2 Å². The van der Waals surface area contributed by atoms with Gasteiger partial charge in [-0.15, -0.1) is 0 Å². The van der Waals surface area contributed by atoms with E-state index in [1.54, 1.807) is 18.2 Å². The second-order valence-corrected chi connectivity index (χ2v) is 4.18. The Hall–Kier alpha value is -1.27. The van der Waals surface area contributed by atoms with Gasteiger partial charge in [0.1, 0.15) is 6.04 Å². The van der Waals surface area contributed by atoms with Crippen LogP contribution in [0.25, 0.3) is 0 Å². The quantitative estimate of drug-likeness (QED) is 0.884. The number of morpholine rings is 1. The molecule has 1 aromatic carbocycles. The zero-order valence-electron chi connectivity index (χ0n) is 9.78. The zero-order valence-corrected chi connectivity index (χ0v) is 9.78. The Kier molecular flexibility index (Phi) is 3.77. The van der Waals surface area contributed by atoms with Crippen molar-refractivity contribution in [2.24, 2.45) is 5.73 Å². The number of alkyl halides is 3. The van der Waals surface area contributed by atoms with Crippen molar-refractivity contribution in [1.29, 1.82) is 0 Å². The van der Waals surface area contributed by atoms with Gasteiger partial charge in [-0.2, -0.15) is 13.2 Å². The van der Waals surface area contributed by atoms with Crippen molar-refractivity contribution in [3.63, 3.8) is 0 Å². The van der Waals surface area contributed by atoms with E-state index >= 15 is 0 Å². The fourth-order valence-corrected chi connectivity index (χ4v) is 2.02. The van der Waals surface area contributed by atoms with Crippen LogP contribution in [0, 0.1) is 0 Å². The first-order valence-electron chi connectivity index (χ1n) is 5.74. The first kappa shape index (κ1) is 13.2. The number of halogens is 3. The van der Waals surface area contributed by atoms with Crippen LogP contribution in [0.2, 0.25) is 0 Å². The van der Waals surface area contributed by atoms with Gasteiger partial charge in [-0.05, 0) is 6.07 Å². The number of hydrogen-bond donors (Lipinski definition) is 1. The van der Waals surface area contributed by atoms with Gasteiger partial charge in [0.15, 0.2) is 0 Å². The Morgan fingerprint density at radius 3 is 2.39 bits per heavy atom. The molecule has 1 saturated heterocycles. The minimum absolute atomic E-state index is 0.118. The molecule has 0 aliphatic carbocycles. The molecule has 1 atom stereocenters. The second-order valence-electron chi connectivity index (χ2n) is 4.18. The lowest BCUT2D eigenvalue weighted by atomic mass is 10.0. The molecule has 0 unspecified atom stereocenters. The fourth-order valence-electron chi connectivity index (χ4n) is 2.02. The molecule has 1 aliphatic rings. The predicted octanol–water partition coefficient (Wildman–Crippen LogP) is 2.09. The van der Waals surface area contributed by atoms with Crippen LogP contribution in [0.3, 0.4) is 0 Å². The van der Waals surface area contributed by atoms with Gasteiger partial charge in [-0.1, -0.05) is 18.2 Å². The maximum Gasteiger partial charge on any atom is 0.407 e. The third kappa shape index (κ3) is 2.76. The summed E-state index contributed by atoms with van der Waals surface area (Å²) in [4.78, 5) is 1.88. The summed E-state index contributed by atoms with van der Waals surface area (Å²) in [5.41, 5.74) is 5.96. The molecule has 18 heavy (non-hydrogen) atoms. The summed E-state index contributed by atoms with van der Waals surface area (Å²) in [6.07, 6.45) is -4.43. The molecular weight excluding hydrogens is 245 g/mol. The first-order chi connectivity index (χ1) is 8.50. The summed E-state index contributed by atoms with van der Waals surface area (Å²) in [5, 5.41) is 0. The van der Waals surface area contributed by atoms with Gasteiger partial charge in [0.25, 0.3) is 0 Å². The highest BCUT2D eigenvalue weighted by molar-refractivity contribution is 5.55. The lowest BCUT2D eigenvalue weighted by molar-refractivity contribution is -0.149. The number of hydrogen-bond acceptors (Lipinski definition) is 3. The first-order valence-corrected chi connectivity index (χ1v) is 5.74. The molecule has 0 radical (unpaired) electrons. The molecule has 0 saturated carbocycles. The molecule has 0 bridgehead atoms. The van der Waals surface area contributed by atoms with Gasteiger partial charge in [-0.25, -0.2) is 0 Å². The van der Waals surface area contributed by atoms with Gasteiger partial charge in [0, 0.05) is 24.3 Å². The number of rotatable bonds is 2. The third-order valence-corrected chi connectivity index (χ3v) is 2.98. The Morgan fingerprint density at radius 1 is 1.17 bits per heavy atom. The monoisotopic (exact) mass is 260 g/mol. The van der Waals surface area contributed by atoms with Crippen LogP contribution in [-0.2, 0) is 4.74 Å². The molecule has 0 spiro atoms. The molecule has 100 valence electrons. The molecule has 6 heteroatoms. The number of ether oxygens (including phenoxy) is 1. The summed E-state index contributed by atoms with van der Waals surface area (Å²) < 4.78 is 43.3. The van der Waals surface area contributed by atoms with E-state index in [1.165, 1.54) is 6.07 Å². The number of para-hydroxylation sites is 1. The maximum absolute atomic E-state index is 12.7. The Bertz CT molecular complexity index is 403. The van der Waals surface area contributed by atoms with Gasteiger partial charge in [-0.3, -0.25) is 0 Å². The largest absolute Gasteiger partial charge is 0.407 e. The third-order valence-electron chi connectivity index (χ3n) is 2.98. The van der Waals surface area contributed by atoms with Gasteiger partial charge >= 0.3 is 6.18 Å². The van der Waals surface area contributed by atoms with Crippen LogP contribution in [0.5, 0.6) is 0 Å². The van der Waals surface area contributed by atoms with Crippen molar-refractivity contribution in [1.82, 2.24) is 0 Å². The number of nitrogens with two attached hydrogens (primary N) is 1. The van der Waals surface area contributed by atoms with Gasteiger partial charge in [0.2, 0.25) is 0 Å². The minimum Gasteiger partial charge on any atom is -0.378 e.